The van der Waals surface area contributed by atoms with E-state index in [1.54, 1.807) is 20.8 Å². The predicted molar refractivity (Wildman–Crippen MR) is 422 cm³/mol. The Bertz CT molecular complexity index is 2610. The Hall–Kier alpha value is -4.61. The van der Waals surface area contributed by atoms with Crippen molar-refractivity contribution in [3.05, 3.63) is 0 Å². The fourth-order valence-electron chi connectivity index (χ4n) is 14.0. The molecule has 4 heterocycles. The first kappa shape index (κ1) is 104. The zero-order chi connectivity index (χ0) is 85.3. The van der Waals surface area contributed by atoms with Crippen molar-refractivity contribution in [2.24, 2.45) is 29.1 Å². The maximum atomic E-state index is 14.2. The van der Waals surface area contributed by atoms with Gasteiger partial charge < -0.3 is 134 Å². The fourth-order valence-corrected chi connectivity index (χ4v) is 14.5. The summed E-state index contributed by atoms with van der Waals surface area (Å²) in [5.41, 5.74) is -1.14. The van der Waals surface area contributed by atoms with Crippen molar-refractivity contribution in [1.82, 2.24) is 36.8 Å². The van der Waals surface area contributed by atoms with E-state index in [4.69, 9.17) is 51.7 Å². The van der Waals surface area contributed by atoms with E-state index in [-0.39, 0.29) is 190 Å². The normalized spacial score (nSPS) is 26.5. The summed E-state index contributed by atoms with van der Waals surface area (Å²) < 4.78 is 75.5. The minimum absolute atomic E-state index is 0.0508. The number of amides is 7. The molecule has 7 amide bonds. The van der Waals surface area contributed by atoms with Crippen LogP contribution in [0.2, 0.25) is 0 Å². The van der Waals surface area contributed by atoms with Gasteiger partial charge in [0.25, 0.3) is 0 Å². The molecular formula is C79H144N7O29P. The van der Waals surface area contributed by atoms with Gasteiger partial charge in [-0.2, -0.15) is 0 Å². The van der Waals surface area contributed by atoms with E-state index < -0.39 is 124 Å². The van der Waals surface area contributed by atoms with Gasteiger partial charge in [0.15, 0.2) is 18.9 Å². The van der Waals surface area contributed by atoms with Crippen LogP contribution in [0.25, 0.3) is 0 Å². The second-order valence-electron chi connectivity index (χ2n) is 31.6. The van der Waals surface area contributed by atoms with Crippen LogP contribution in [-0.4, -0.2) is 323 Å². The predicted octanol–water partition coefficient (Wildman–Crippen LogP) is 1.43. The molecule has 0 aromatic carbocycles. The highest BCUT2D eigenvalue weighted by Crippen LogP contribution is 2.44. The van der Waals surface area contributed by atoms with Gasteiger partial charge in [0.05, 0.1) is 90.4 Å². The number of ketones is 1. The van der Waals surface area contributed by atoms with Gasteiger partial charge in [-0.05, 0) is 83.0 Å². The Morgan fingerprint density at radius 3 is 1.05 bits per heavy atom. The second kappa shape index (κ2) is 59.2. The van der Waals surface area contributed by atoms with Gasteiger partial charge in [-0.1, -0.05) is 66.2 Å². The summed E-state index contributed by atoms with van der Waals surface area (Å²) in [4.78, 5) is 106. The van der Waals surface area contributed by atoms with Crippen molar-refractivity contribution in [3.8, 4) is 0 Å². The zero-order valence-corrected chi connectivity index (χ0v) is 70.5. The number of likely N-dealkylation sites (tertiary alicyclic amines) is 1. The average Bonchev–Trinajstić information content (AvgIpc) is 1.41. The van der Waals surface area contributed by atoms with Crippen molar-refractivity contribution in [3.63, 3.8) is 0 Å². The van der Waals surface area contributed by atoms with Gasteiger partial charge in [-0.25, -0.2) is 0 Å². The third-order valence-electron chi connectivity index (χ3n) is 21.4. The lowest BCUT2D eigenvalue weighted by Gasteiger charge is -2.40. The van der Waals surface area contributed by atoms with E-state index in [0.717, 1.165) is 51.4 Å². The number of hydrogen-bond donors (Lipinski definition) is 15. The number of ether oxygens (including phenoxy) is 9. The molecule has 0 aromatic rings. The minimum atomic E-state index is -3.18. The quantitative estimate of drug-likeness (QED) is 0.0302. The van der Waals surface area contributed by atoms with E-state index in [0.29, 0.717) is 103 Å². The highest BCUT2D eigenvalue weighted by molar-refractivity contribution is 7.52. The number of unbranched alkanes of at least 4 members (excludes halogenated alkanes) is 10. The Labute approximate surface area is 684 Å². The Morgan fingerprint density at radius 1 is 0.414 bits per heavy atom. The SMILES string of the molecule is COP(C)(=O)OC[C@@H]1C[C@@H](C)CN1C(=O)CCCCCCCCCCC(=O)CC(COCCC(=O)NCCCNC(=O)CCCCOC1OC(CO)C(O)C(O)C1C)(COCCC(=O)NCCCNC(=O)CCCCOC1OC(CO)C(O)C(O)C1C)COCCC(=O)NCCCNC(=O)CCCCOC1OC(CO)C(O)C(O)C1C. The molecule has 0 radical (unpaired) electrons. The Balaban J connectivity index is 1.28. The van der Waals surface area contributed by atoms with Gasteiger partial charge in [0, 0.05) is 160 Å². The lowest BCUT2D eigenvalue weighted by molar-refractivity contribution is -0.282. The number of carbonyl (C=O) groups is 8. The van der Waals surface area contributed by atoms with Crippen LogP contribution in [-0.2, 0) is 94.6 Å². The Morgan fingerprint density at radius 2 is 0.724 bits per heavy atom. The molecule has 4 rings (SSSR count). The molecule has 0 spiro atoms. The van der Waals surface area contributed by atoms with Crippen LogP contribution in [0, 0.1) is 29.1 Å². The van der Waals surface area contributed by atoms with Gasteiger partial charge in [-0.3, -0.25) is 42.9 Å². The largest absolute Gasteiger partial charge is 0.394 e. The maximum Gasteiger partial charge on any atom is 0.327 e. The first-order valence-corrected chi connectivity index (χ1v) is 44.2. The molecule has 4 aliphatic heterocycles. The van der Waals surface area contributed by atoms with Crippen LogP contribution in [0.5, 0.6) is 0 Å². The lowest BCUT2D eigenvalue weighted by Crippen LogP contribution is -2.55. The summed E-state index contributed by atoms with van der Waals surface area (Å²) in [6.45, 7) is 9.78. The number of nitrogens with one attached hydrogen (secondary N) is 6. The molecule has 4 aliphatic rings. The molecule has 0 aromatic heterocycles. The summed E-state index contributed by atoms with van der Waals surface area (Å²) in [6.07, 6.45) is 0.580. The fraction of sp³-hybridized carbons (Fsp3) is 0.899. The molecular weight excluding hydrogens is 1540 g/mol. The average molecular weight is 1690 g/mol. The van der Waals surface area contributed by atoms with Crippen LogP contribution in [0.3, 0.4) is 0 Å². The number of aliphatic hydroxyl groups is 9. The van der Waals surface area contributed by atoms with Gasteiger partial charge >= 0.3 is 7.60 Å². The van der Waals surface area contributed by atoms with E-state index in [2.05, 4.69) is 38.8 Å². The first-order chi connectivity index (χ1) is 55.6. The molecule has 4 fully saturated rings. The third-order valence-corrected chi connectivity index (χ3v) is 22.7. The zero-order valence-electron chi connectivity index (χ0n) is 69.6. The van der Waals surface area contributed by atoms with Crippen LogP contribution >= 0.6 is 7.60 Å². The van der Waals surface area contributed by atoms with Crippen LogP contribution in [0.4, 0.5) is 0 Å². The molecule has 0 aliphatic carbocycles. The molecule has 116 heavy (non-hydrogen) atoms. The van der Waals surface area contributed by atoms with Crippen molar-refractivity contribution in [2.75, 3.05) is 145 Å². The second-order valence-corrected chi connectivity index (χ2v) is 33.7. The first-order valence-electron chi connectivity index (χ1n) is 42.2. The van der Waals surface area contributed by atoms with Gasteiger partial charge in [0.2, 0.25) is 41.4 Å². The molecule has 18 atom stereocenters. The van der Waals surface area contributed by atoms with Crippen molar-refractivity contribution >= 4 is 54.7 Å². The summed E-state index contributed by atoms with van der Waals surface area (Å²) in [5, 5.41) is 107. The molecule has 37 heteroatoms. The molecule has 36 nitrogen and oxygen atoms in total. The molecule has 16 unspecified atom stereocenters. The van der Waals surface area contributed by atoms with Gasteiger partial charge in [-0.15, -0.1) is 0 Å². The molecule has 674 valence electrons. The Kier molecular flexibility index (Phi) is 52.9. The highest BCUT2D eigenvalue weighted by Gasteiger charge is 2.45. The summed E-state index contributed by atoms with van der Waals surface area (Å²) in [7, 11) is -1.84. The van der Waals surface area contributed by atoms with Crippen molar-refractivity contribution in [1.29, 1.82) is 0 Å². The topological polar surface area (TPSA) is 513 Å². The van der Waals surface area contributed by atoms with Crippen molar-refractivity contribution in [2.45, 2.75) is 281 Å². The highest BCUT2D eigenvalue weighted by atomic mass is 31.2. The van der Waals surface area contributed by atoms with Crippen LogP contribution < -0.4 is 31.9 Å². The summed E-state index contributed by atoms with van der Waals surface area (Å²) >= 11 is 0. The number of nitrogens with zero attached hydrogens (tertiary/aromatic N) is 1. The number of carbonyl (C=O) groups excluding carboxylic acids is 8. The van der Waals surface area contributed by atoms with E-state index >= 15 is 0 Å². The monoisotopic (exact) mass is 1690 g/mol. The number of Topliss-reactive ketones (excluding diaryl/α,β-unsaturated/α-hetero) is 1. The lowest BCUT2D eigenvalue weighted by atomic mass is 9.84. The smallest absolute Gasteiger partial charge is 0.327 e. The van der Waals surface area contributed by atoms with Crippen LogP contribution in [0.1, 0.15) is 201 Å². The standard InChI is InChI=1S/C79H144N7O29P/c1-54-44-58(50-112-116(6,104)105-5)86(46-54)69(97)28-14-12-10-8-7-9-11-13-24-59(90)45-79(51-106-41-29-66(94)83-35-21-32-80-63(91)25-15-18-38-109-76-55(2)70(98)73(101)60(47-87)113-76,52-107-42-30-67(95)84-36-22-33-81-64(92)26-16-19-39-110-77-56(3)71(99)74(102)61(48-88)114-77)53-108-43-31-68(96)85-37-23-34-82-65(93)27-17-20-40-111-78-57(4)72(100)75(103)62(49-89)115-78/h54-58,60-62,70-78,87-89,98-103H,7-53H2,1-6H3,(H,80,91)(H,81,92)(H,82,93)(H,83,94)(H,84,95)(H,85,96)/t54-,55?,56?,57?,58+,60?,61?,62?,70?,71?,72?,73?,74?,75?,76?,77?,78?,79?,116?/m1/s1. The van der Waals surface area contributed by atoms with Crippen molar-refractivity contribution < 1.29 is 141 Å². The molecule has 0 bridgehead atoms. The van der Waals surface area contributed by atoms with E-state index in [9.17, 15) is 88.9 Å². The summed E-state index contributed by atoms with van der Waals surface area (Å²) in [5.74, 6) is -2.82. The number of hydrogen-bond acceptors (Lipinski definition) is 29. The number of aliphatic hydroxyl groups excluding tert-OH is 9. The molecule has 4 saturated heterocycles. The number of rotatable bonds is 65. The minimum Gasteiger partial charge on any atom is -0.394 e. The van der Waals surface area contributed by atoms with E-state index in [1.165, 1.54) is 13.8 Å². The van der Waals surface area contributed by atoms with Gasteiger partial charge in [0.1, 0.15) is 42.4 Å². The molecule has 0 saturated carbocycles. The third kappa shape index (κ3) is 41.3. The molecule has 15 N–H and O–H groups in total. The summed E-state index contributed by atoms with van der Waals surface area (Å²) in [6, 6.07) is -0.144. The van der Waals surface area contributed by atoms with Crippen LogP contribution in [0.15, 0.2) is 0 Å². The van der Waals surface area contributed by atoms with E-state index in [1.807, 2.05) is 4.90 Å². The maximum absolute atomic E-state index is 14.2.